The fourth-order valence-corrected chi connectivity index (χ4v) is 0.125. The molecule has 0 bridgehead atoms. The Kier molecular flexibility index (Phi) is 43.8. The van der Waals surface area contributed by atoms with Crippen molar-refractivity contribution in [3.63, 3.8) is 0 Å². The van der Waals surface area contributed by atoms with Gasteiger partial charge in [-0.15, -0.1) is 0 Å². The van der Waals surface area contributed by atoms with Crippen LogP contribution in [0, 0.1) is 13.8 Å². The van der Waals surface area contributed by atoms with Crippen molar-refractivity contribution >= 4 is 6.08 Å². The summed E-state index contributed by atoms with van der Waals surface area (Å²) in [5.74, 6) is 0. The largest absolute Gasteiger partial charge is 2.00 e. The van der Waals surface area contributed by atoms with Gasteiger partial charge in [0.25, 0.3) is 0 Å². The molecule has 0 saturated heterocycles. The summed E-state index contributed by atoms with van der Waals surface area (Å²) in [6.07, 6.45) is 2.08. The van der Waals surface area contributed by atoms with Crippen LogP contribution in [0.1, 0.15) is 13.3 Å². The molecule has 0 N–H and O–H groups in total. The fraction of sp³-hybridized carbons (Fsp3) is 0.500. The maximum Gasteiger partial charge on any atom is 2.00 e. The number of carbonyl (C=O) groups excluding carboxylic acids is 1. The van der Waals surface area contributed by atoms with Crippen molar-refractivity contribution in [1.82, 2.24) is 0 Å². The van der Waals surface area contributed by atoms with Gasteiger partial charge in [-0.3, -0.25) is 0 Å². The summed E-state index contributed by atoms with van der Waals surface area (Å²) in [6, 6.07) is 0. The van der Waals surface area contributed by atoms with E-state index in [9.17, 15) is 4.79 Å². The van der Waals surface area contributed by atoms with Crippen LogP contribution in [0.2, 0.25) is 0 Å². The predicted octanol–water partition coefficient (Wildman–Crippen LogP) is 1.38. The molecule has 0 aliphatic carbocycles. The standard InChI is InChI=1S/C4H6NO.C2H5.Cr/c1-2-3-5-4-6;1-2;/h1-3H2;1H2,2H3;/q2*-1;+2. The van der Waals surface area contributed by atoms with Crippen LogP contribution in [0.5, 0.6) is 0 Å². The van der Waals surface area contributed by atoms with Crippen molar-refractivity contribution in [2.45, 2.75) is 13.3 Å². The summed E-state index contributed by atoms with van der Waals surface area (Å²) in [7, 11) is 0. The molecule has 0 aromatic heterocycles. The average molecular weight is 165 g/mol. The quantitative estimate of drug-likeness (QED) is 0.345. The van der Waals surface area contributed by atoms with Gasteiger partial charge in [0.05, 0.1) is 0 Å². The molecule has 0 atom stereocenters. The number of aliphatic imine (C=N–C) groups is 1. The molecule has 2 nitrogen and oxygen atoms in total. The van der Waals surface area contributed by atoms with E-state index in [1.54, 1.807) is 6.92 Å². The van der Waals surface area contributed by atoms with E-state index < -0.39 is 0 Å². The summed E-state index contributed by atoms with van der Waals surface area (Å²) in [5.41, 5.74) is 0. The van der Waals surface area contributed by atoms with E-state index in [0.29, 0.717) is 13.0 Å². The zero-order valence-electron chi connectivity index (χ0n) is 5.59. The summed E-state index contributed by atoms with van der Waals surface area (Å²) < 4.78 is 0. The van der Waals surface area contributed by atoms with Gasteiger partial charge >= 0.3 is 17.4 Å². The maximum absolute atomic E-state index is 9.24. The van der Waals surface area contributed by atoms with Gasteiger partial charge in [0.2, 0.25) is 6.08 Å². The first-order chi connectivity index (χ1) is 3.91. The minimum absolute atomic E-state index is 0. The van der Waals surface area contributed by atoms with E-state index in [1.165, 1.54) is 6.08 Å². The Morgan fingerprint density at radius 3 is 2.11 bits per heavy atom. The van der Waals surface area contributed by atoms with Crippen molar-refractivity contribution in [3.05, 3.63) is 13.8 Å². The van der Waals surface area contributed by atoms with E-state index in [0.717, 1.165) is 0 Å². The van der Waals surface area contributed by atoms with E-state index in [4.69, 9.17) is 0 Å². The maximum atomic E-state index is 9.24. The van der Waals surface area contributed by atoms with Crippen molar-refractivity contribution in [2.24, 2.45) is 4.99 Å². The third-order valence-corrected chi connectivity index (χ3v) is 0.334. The molecule has 0 aromatic carbocycles. The molecule has 0 radical (unpaired) electrons. The first-order valence-electron chi connectivity index (χ1n) is 2.45. The van der Waals surface area contributed by atoms with Gasteiger partial charge in [-0.1, -0.05) is 0 Å². The van der Waals surface area contributed by atoms with Crippen LogP contribution >= 0.6 is 0 Å². The number of nitrogens with zero attached hydrogens (tertiary/aromatic N) is 1. The summed E-state index contributed by atoms with van der Waals surface area (Å²) >= 11 is 0. The molecule has 9 heavy (non-hydrogen) atoms. The molecule has 0 amide bonds. The third kappa shape index (κ3) is 32.6. The Morgan fingerprint density at radius 1 is 1.56 bits per heavy atom. The fourth-order valence-electron chi connectivity index (χ4n) is 0.125. The third-order valence-electron chi connectivity index (χ3n) is 0.334. The monoisotopic (exact) mass is 165 g/mol. The number of hydrogen-bond donors (Lipinski definition) is 0. The molecular formula is C6H11CrNO. The molecule has 0 aromatic rings. The average Bonchev–Trinajstić information content (AvgIpc) is 1.88. The Bertz CT molecular complexity index is 69.5. The Labute approximate surface area is 67.5 Å². The van der Waals surface area contributed by atoms with Gasteiger partial charge in [-0.05, 0) is 0 Å². The van der Waals surface area contributed by atoms with Gasteiger partial charge in [0.15, 0.2) is 0 Å². The van der Waals surface area contributed by atoms with Crippen LogP contribution in [-0.4, -0.2) is 12.6 Å². The summed E-state index contributed by atoms with van der Waals surface area (Å²) in [4.78, 5) is 12.5. The zero-order valence-corrected chi connectivity index (χ0v) is 6.87. The topological polar surface area (TPSA) is 29.4 Å². The van der Waals surface area contributed by atoms with E-state index in [-0.39, 0.29) is 17.4 Å². The van der Waals surface area contributed by atoms with Gasteiger partial charge in [0, 0.05) is 6.54 Å². The van der Waals surface area contributed by atoms with Crippen molar-refractivity contribution in [3.8, 4) is 0 Å². The molecule has 0 unspecified atom stereocenters. The second-order valence-corrected chi connectivity index (χ2v) is 0.827. The second-order valence-electron chi connectivity index (χ2n) is 0.827. The van der Waals surface area contributed by atoms with Crippen molar-refractivity contribution < 1.29 is 22.2 Å². The number of hydrogen-bond acceptors (Lipinski definition) is 2. The molecule has 0 rings (SSSR count). The van der Waals surface area contributed by atoms with Crippen molar-refractivity contribution in [2.75, 3.05) is 6.54 Å². The van der Waals surface area contributed by atoms with E-state index in [1.807, 2.05) is 0 Å². The first-order valence-corrected chi connectivity index (χ1v) is 2.45. The number of isocyanates is 1. The van der Waals surface area contributed by atoms with E-state index in [2.05, 4.69) is 18.8 Å². The minimum atomic E-state index is 0. The summed E-state index contributed by atoms with van der Waals surface area (Å²) in [6.45, 7) is 8.95. The van der Waals surface area contributed by atoms with Gasteiger partial charge in [-0.25, -0.2) is 9.79 Å². The molecule has 52 valence electrons. The normalized spacial score (nSPS) is 5.22. The van der Waals surface area contributed by atoms with Gasteiger partial charge in [0.1, 0.15) is 0 Å². The smallest absolute Gasteiger partial charge is 0.346 e. The molecule has 0 saturated carbocycles. The van der Waals surface area contributed by atoms with Gasteiger partial charge in [-0.2, -0.15) is 13.3 Å². The molecule has 0 fully saturated rings. The summed E-state index contributed by atoms with van der Waals surface area (Å²) in [5, 5.41) is 0. The zero-order chi connectivity index (χ0) is 6.83. The van der Waals surface area contributed by atoms with Crippen LogP contribution in [0.3, 0.4) is 0 Å². The van der Waals surface area contributed by atoms with Crippen LogP contribution in [0.4, 0.5) is 0 Å². The molecule has 0 aliphatic heterocycles. The van der Waals surface area contributed by atoms with Gasteiger partial charge < -0.3 is 13.8 Å². The minimum Gasteiger partial charge on any atom is -0.346 e. The van der Waals surface area contributed by atoms with Crippen LogP contribution in [0.15, 0.2) is 4.99 Å². The van der Waals surface area contributed by atoms with Crippen LogP contribution in [0.25, 0.3) is 0 Å². The molecule has 0 spiro atoms. The second kappa shape index (κ2) is 24.7. The predicted molar refractivity (Wildman–Crippen MR) is 34.0 cm³/mol. The molecule has 0 aliphatic rings. The Balaban J connectivity index is -0.000000109. The Morgan fingerprint density at radius 2 is 2.00 bits per heavy atom. The molecule has 0 heterocycles. The molecule has 3 heteroatoms. The van der Waals surface area contributed by atoms with Crippen LogP contribution < -0.4 is 0 Å². The Hall–Kier alpha value is -0.0875. The van der Waals surface area contributed by atoms with Crippen molar-refractivity contribution in [1.29, 1.82) is 0 Å². The number of rotatable bonds is 2. The van der Waals surface area contributed by atoms with Crippen LogP contribution in [-0.2, 0) is 22.2 Å². The SMILES string of the molecule is [CH2-]C.[CH2-]CCN=C=O.[Cr+2]. The molecular weight excluding hydrogens is 154 g/mol. The van der Waals surface area contributed by atoms with E-state index >= 15 is 0 Å². The first kappa shape index (κ1) is 16.0.